The van der Waals surface area contributed by atoms with Crippen molar-refractivity contribution in [3.05, 3.63) is 12.2 Å². The predicted molar refractivity (Wildman–Crippen MR) is 68.3 cm³/mol. The van der Waals surface area contributed by atoms with Gasteiger partial charge in [0.2, 0.25) is 5.91 Å². The minimum Gasteiger partial charge on any atom is -0.335 e. The summed E-state index contributed by atoms with van der Waals surface area (Å²) in [5.41, 5.74) is 0. The average molecular weight is 276 g/mol. The smallest absolute Gasteiger partial charge is 0.321 e. The van der Waals surface area contributed by atoms with E-state index in [1.807, 2.05) is 0 Å². The summed E-state index contributed by atoms with van der Waals surface area (Å²) in [6.07, 6.45) is 6.60. The quantitative estimate of drug-likeness (QED) is 0.824. The summed E-state index contributed by atoms with van der Waals surface area (Å²) >= 11 is 0. The Bertz CT molecular complexity index is 526. The SMILES string of the molecule is N#Cc1ncn(CC(=O)NC(=O)NC2CCCCC2)n1. The molecule has 0 aliphatic heterocycles. The number of urea groups is 1. The molecule has 1 aliphatic carbocycles. The molecule has 1 aromatic heterocycles. The molecule has 1 aliphatic rings. The molecule has 1 fully saturated rings. The van der Waals surface area contributed by atoms with Crippen LogP contribution in [0.1, 0.15) is 37.9 Å². The van der Waals surface area contributed by atoms with E-state index in [-0.39, 0.29) is 18.4 Å². The third kappa shape index (κ3) is 4.05. The van der Waals surface area contributed by atoms with E-state index in [1.54, 1.807) is 6.07 Å². The van der Waals surface area contributed by atoms with Crippen LogP contribution >= 0.6 is 0 Å². The third-order valence-electron chi connectivity index (χ3n) is 3.14. The lowest BCUT2D eigenvalue weighted by Gasteiger charge is -2.22. The van der Waals surface area contributed by atoms with Gasteiger partial charge in [0, 0.05) is 6.04 Å². The maximum atomic E-state index is 11.6. The zero-order chi connectivity index (χ0) is 14.4. The van der Waals surface area contributed by atoms with Crippen LogP contribution in [0.5, 0.6) is 0 Å². The summed E-state index contributed by atoms with van der Waals surface area (Å²) in [6.45, 7) is -0.146. The highest BCUT2D eigenvalue weighted by Gasteiger charge is 2.17. The van der Waals surface area contributed by atoms with Gasteiger partial charge in [-0.15, -0.1) is 5.10 Å². The monoisotopic (exact) mass is 276 g/mol. The van der Waals surface area contributed by atoms with Crippen LogP contribution in [0.2, 0.25) is 0 Å². The topological polar surface area (TPSA) is 113 Å². The van der Waals surface area contributed by atoms with E-state index >= 15 is 0 Å². The second-order valence-corrected chi connectivity index (χ2v) is 4.73. The molecule has 0 atom stereocenters. The summed E-state index contributed by atoms with van der Waals surface area (Å²) in [7, 11) is 0. The molecule has 2 rings (SSSR count). The molecule has 0 bridgehead atoms. The Labute approximate surface area is 116 Å². The fourth-order valence-corrected chi connectivity index (χ4v) is 2.20. The van der Waals surface area contributed by atoms with Crippen molar-refractivity contribution >= 4 is 11.9 Å². The van der Waals surface area contributed by atoms with Gasteiger partial charge in [-0.05, 0) is 12.8 Å². The summed E-state index contributed by atoms with van der Waals surface area (Å²) in [4.78, 5) is 26.9. The molecule has 0 saturated heterocycles. The summed E-state index contributed by atoms with van der Waals surface area (Å²) in [5.74, 6) is -0.503. The maximum absolute atomic E-state index is 11.6. The molecule has 20 heavy (non-hydrogen) atoms. The molecule has 0 radical (unpaired) electrons. The molecule has 1 heterocycles. The number of carbonyl (C=O) groups is 2. The normalized spacial score (nSPS) is 15.3. The van der Waals surface area contributed by atoms with E-state index in [4.69, 9.17) is 5.26 Å². The molecule has 1 saturated carbocycles. The fraction of sp³-hybridized carbons (Fsp3) is 0.583. The van der Waals surface area contributed by atoms with Gasteiger partial charge in [0.1, 0.15) is 18.9 Å². The Morgan fingerprint density at radius 2 is 2.15 bits per heavy atom. The van der Waals surface area contributed by atoms with E-state index in [9.17, 15) is 9.59 Å². The second-order valence-electron chi connectivity index (χ2n) is 4.73. The Morgan fingerprint density at radius 3 is 2.80 bits per heavy atom. The molecule has 1 aromatic rings. The van der Waals surface area contributed by atoms with E-state index in [0.717, 1.165) is 25.7 Å². The van der Waals surface area contributed by atoms with E-state index in [2.05, 4.69) is 20.7 Å². The number of carbonyl (C=O) groups excluding carboxylic acids is 2. The van der Waals surface area contributed by atoms with E-state index in [0.29, 0.717) is 0 Å². The molecule has 2 N–H and O–H groups in total. The molecule has 0 aromatic carbocycles. The number of aromatic nitrogens is 3. The van der Waals surface area contributed by atoms with Gasteiger partial charge >= 0.3 is 6.03 Å². The van der Waals surface area contributed by atoms with Crippen molar-refractivity contribution in [3.63, 3.8) is 0 Å². The zero-order valence-corrected chi connectivity index (χ0v) is 11.0. The number of rotatable bonds is 3. The first kappa shape index (κ1) is 14.0. The van der Waals surface area contributed by atoms with Crippen molar-refractivity contribution in [1.82, 2.24) is 25.4 Å². The number of nitriles is 1. The summed E-state index contributed by atoms with van der Waals surface area (Å²) < 4.78 is 1.21. The van der Waals surface area contributed by atoms with Gasteiger partial charge in [0.05, 0.1) is 0 Å². The van der Waals surface area contributed by atoms with Crippen LogP contribution in [0.4, 0.5) is 4.79 Å². The molecular formula is C12H16N6O2. The van der Waals surface area contributed by atoms with Crippen LogP contribution in [0.25, 0.3) is 0 Å². The highest BCUT2D eigenvalue weighted by Crippen LogP contribution is 2.17. The Kier molecular flexibility index (Phi) is 4.65. The second kappa shape index (κ2) is 6.65. The first-order valence-electron chi connectivity index (χ1n) is 6.57. The van der Waals surface area contributed by atoms with Gasteiger partial charge in [0.15, 0.2) is 0 Å². The largest absolute Gasteiger partial charge is 0.335 e. The van der Waals surface area contributed by atoms with Crippen LogP contribution in [-0.4, -0.2) is 32.7 Å². The number of nitrogens with one attached hydrogen (secondary N) is 2. The van der Waals surface area contributed by atoms with Gasteiger partial charge in [0.25, 0.3) is 5.82 Å². The molecule has 3 amide bonds. The lowest BCUT2D eigenvalue weighted by molar-refractivity contribution is -0.120. The van der Waals surface area contributed by atoms with Crippen molar-refractivity contribution in [3.8, 4) is 6.07 Å². The first-order chi connectivity index (χ1) is 9.67. The number of hydrogen-bond acceptors (Lipinski definition) is 5. The number of nitrogens with zero attached hydrogens (tertiary/aromatic N) is 4. The van der Waals surface area contributed by atoms with Crippen molar-refractivity contribution in [1.29, 1.82) is 5.26 Å². The van der Waals surface area contributed by atoms with Crippen molar-refractivity contribution in [2.24, 2.45) is 0 Å². The number of hydrogen-bond donors (Lipinski definition) is 2. The van der Waals surface area contributed by atoms with Crippen molar-refractivity contribution < 1.29 is 9.59 Å². The van der Waals surface area contributed by atoms with Crippen LogP contribution in [-0.2, 0) is 11.3 Å². The summed E-state index contributed by atoms with van der Waals surface area (Å²) in [5, 5.41) is 17.3. The Morgan fingerprint density at radius 1 is 1.40 bits per heavy atom. The van der Waals surface area contributed by atoms with Gasteiger partial charge in [-0.2, -0.15) is 5.26 Å². The fourth-order valence-electron chi connectivity index (χ4n) is 2.20. The van der Waals surface area contributed by atoms with Crippen LogP contribution in [0, 0.1) is 11.3 Å². The molecular weight excluding hydrogens is 260 g/mol. The van der Waals surface area contributed by atoms with Gasteiger partial charge in [-0.3, -0.25) is 10.1 Å². The lowest BCUT2D eigenvalue weighted by atomic mass is 9.96. The first-order valence-corrected chi connectivity index (χ1v) is 6.57. The standard InChI is InChI=1S/C12H16N6O2/c13-6-10-14-8-18(17-10)7-11(19)16-12(20)15-9-4-2-1-3-5-9/h8-9H,1-5,7H2,(H2,15,16,19,20). The Balaban J connectivity index is 1.75. The van der Waals surface area contributed by atoms with Gasteiger partial charge < -0.3 is 5.32 Å². The van der Waals surface area contributed by atoms with Gasteiger partial charge in [-0.25, -0.2) is 14.5 Å². The van der Waals surface area contributed by atoms with E-state index < -0.39 is 11.9 Å². The van der Waals surface area contributed by atoms with Gasteiger partial charge in [-0.1, -0.05) is 19.3 Å². The highest BCUT2D eigenvalue weighted by atomic mass is 16.2. The zero-order valence-electron chi connectivity index (χ0n) is 11.0. The minimum absolute atomic E-state index is 0.00976. The highest BCUT2D eigenvalue weighted by molar-refractivity contribution is 5.94. The molecule has 106 valence electrons. The van der Waals surface area contributed by atoms with Crippen molar-refractivity contribution in [2.45, 2.75) is 44.7 Å². The third-order valence-corrected chi connectivity index (χ3v) is 3.14. The maximum Gasteiger partial charge on any atom is 0.321 e. The molecule has 0 spiro atoms. The van der Waals surface area contributed by atoms with Crippen LogP contribution in [0.3, 0.4) is 0 Å². The Hall–Kier alpha value is -2.43. The van der Waals surface area contributed by atoms with Crippen molar-refractivity contribution in [2.75, 3.05) is 0 Å². The molecule has 0 unspecified atom stereocenters. The average Bonchev–Trinajstić information content (AvgIpc) is 2.87. The predicted octanol–water partition coefficient (Wildman–Crippen LogP) is 0.308. The lowest BCUT2D eigenvalue weighted by Crippen LogP contribution is -2.46. The van der Waals surface area contributed by atoms with E-state index in [1.165, 1.54) is 17.4 Å². The molecule has 8 heteroatoms. The number of imide groups is 1. The van der Waals surface area contributed by atoms with Crippen LogP contribution < -0.4 is 10.6 Å². The minimum atomic E-state index is -0.493. The summed E-state index contributed by atoms with van der Waals surface area (Å²) in [6, 6.07) is 1.42. The van der Waals surface area contributed by atoms with Crippen LogP contribution in [0.15, 0.2) is 6.33 Å². The molecule has 8 nitrogen and oxygen atoms in total. The number of amides is 3.